The molecule has 0 radical (unpaired) electrons. The van der Waals surface area contributed by atoms with Crippen molar-refractivity contribution in [1.82, 2.24) is 0 Å². The van der Waals surface area contributed by atoms with Crippen molar-refractivity contribution < 1.29 is 26.4 Å². The molecular formula is C21H25F3N2O3S. The van der Waals surface area contributed by atoms with E-state index in [9.17, 15) is 26.4 Å². The Hall–Kier alpha value is -2.39. The van der Waals surface area contributed by atoms with Crippen LogP contribution in [0, 0.1) is 5.92 Å². The molecule has 0 aromatic heterocycles. The zero-order chi connectivity index (χ0) is 22.9. The average molecular weight is 443 g/mol. The van der Waals surface area contributed by atoms with E-state index < -0.39 is 33.4 Å². The number of rotatable bonds is 7. The molecule has 0 aliphatic carbocycles. The molecule has 0 aliphatic rings. The van der Waals surface area contributed by atoms with Crippen LogP contribution in [0.2, 0.25) is 0 Å². The third kappa shape index (κ3) is 5.20. The number of primary amides is 1. The SMILES string of the molecule is CC(C)C[C@](N)(C(N)=O)[C@H](c1ccc(-c2ccc(S(C)(=O)=O)cc2)cc1)C(F)(F)F. The Morgan fingerprint density at radius 1 is 0.967 bits per heavy atom. The molecule has 164 valence electrons. The maximum absolute atomic E-state index is 13.9. The van der Waals surface area contributed by atoms with Gasteiger partial charge in [0.1, 0.15) is 11.5 Å². The third-order valence-corrected chi connectivity index (χ3v) is 6.04. The van der Waals surface area contributed by atoms with Crippen molar-refractivity contribution in [2.45, 2.75) is 42.8 Å². The van der Waals surface area contributed by atoms with Gasteiger partial charge in [-0.3, -0.25) is 4.79 Å². The van der Waals surface area contributed by atoms with Crippen LogP contribution in [-0.4, -0.2) is 32.3 Å². The summed E-state index contributed by atoms with van der Waals surface area (Å²) in [5.41, 5.74) is 10.0. The van der Waals surface area contributed by atoms with Crippen molar-refractivity contribution in [3.63, 3.8) is 0 Å². The number of carbonyl (C=O) groups excluding carboxylic acids is 1. The van der Waals surface area contributed by atoms with Gasteiger partial charge in [0.25, 0.3) is 0 Å². The molecule has 4 N–H and O–H groups in total. The lowest BCUT2D eigenvalue weighted by Crippen LogP contribution is -2.60. The summed E-state index contributed by atoms with van der Waals surface area (Å²) < 4.78 is 65.0. The highest BCUT2D eigenvalue weighted by Crippen LogP contribution is 2.44. The first-order valence-corrected chi connectivity index (χ1v) is 11.1. The lowest BCUT2D eigenvalue weighted by atomic mass is 9.74. The molecule has 0 saturated carbocycles. The molecule has 0 aliphatic heterocycles. The van der Waals surface area contributed by atoms with Gasteiger partial charge in [0.2, 0.25) is 5.91 Å². The smallest absolute Gasteiger partial charge is 0.368 e. The summed E-state index contributed by atoms with van der Waals surface area (Å²) in [5.74, 6) is -3.74. The summed E-state index contributed by atoms with van der Waals surface area (Å²) in [4.78, 5) is 12.1. The highest BCUT2D eigenvalue weighted by molar-refractivity contribution is 7.90. The first kappa shape index (κ1) is 23.9. The quantitative estimate of drug-likeness (QED) is 0.683. The largest absolute Gasteiger partial charge is 0.398 e. The van der Waals surface area contributed by atoms with E-state index in [0.717, 1.165) is 6.26 Å². The first-order valence-electron chi connectivity index (χ1n) is 9.22. The van der Waals surface area contributed by atoms with E-state index in [1.165, 1.54) is 36.4 Å². The Morgan fingerprint density at radius 2 is 1.40 bits per heavy atom. The summed E-state index contributed by atoms with van der Waals surface area (Å²) in [5, 5.41) is 0. The second-order valence-corrected chi connectivity index (χ2v) is 9.91. The Bertz CT molecular complexity index is 1000. The Labute approximate surface area is 174 Å². The monoisotopic (exact) mass is 442 g/mol. The summed E-state index contributed by atoms with van der Waals surface area (Å²) in [6.45, 7) is 3.34. The molecule has 5 nitrogen and oxygen atoms in total. The highest BCUT2D eigenvalue weighted by atomic mass is 32.2. The van der Waals surface area contributed by atoms with Gasteiger partial charge in [-0.05, 0) is 41.2 Å². The van der Waals surface area contributed by atoms with Crippen LogP contribution < -0.4 is 11.5 Å². The van der Waals surface area contributed by atoms with E-state index in [2.05, 4.69) is 0 Å². The molecule has 0 fully saturated rings. The van der Waals surface area contributed by atoms with Gasteiger partial charge in [-0.25, -0.2) is 8.42 Å². The maximum atomic E-state index is 13.9. The van der Waals surface area contributed by atoms with Crippen LogP contribution in [0.1, 0.15) is 31.7 Å². The van der Waals surface area contributed by atoms with Gasteiger partial charge >= 0.3 is 6.18 Å². The molecular weight excluding hydrogens is 417 g/mol. The normalized spacial score (nSPS) is 15.6. The zero-order valence-electron chi connectivity index (χ0n) is 16.9. The van der Waals surface area contributed by atoms with Gasteiger partial charge in [0.05, 0.1) is 4.90 Å². The molecule has 0 bridgehead atoms. The minimum Gasteiger partial charge on any atom is -0.368 e. The van der Waals surface area contributed by atoms with Crippen LogP contribution in [-0.2, 0) is 14.6 Å². The highest BCUT2D eigenvalue weighted by Gasteiger charge is 2.55. The number of amides is 1. The summed E-state index contributed by atoms with van der Waals surface area (Å²) in [6.07, 6.45) is -3.92. The molecule has 0 saturated heterocycles. The molecule has 9 heteroatoms. The van der Waals surface area contributed by atoms with E-state index >= 15 is 0 Å². The van der Waals surface area contributed by atoms with Crippen LogP contribution >= 0.6 is 0 Å². The van der Waals surface area contributed by atoms with Crippen LogP contribution in [0.4, 0.5) is 13.2 Å². The summed E-state index contributed by atoms with van der Waals surface area (Å²) >= 11 is 0. The number of sulfone groups is 1. The van der Waals surface area contributed by atoms with Gasteiger partial charge in [0, 0.05) is 6.26 Å². The molecule has 2 atom stereocenters. The molecule has 0 unspecified atom stereocenters. The Balaban J connectivity index is 2.47. The van der Waals surface area contributed by atoms with Crippen molar-refractivity contribution in [3.8, 4) is 11.1 Å². The predicted octanol–water partition coefficient (Wildman–Crippen LogP) is 3.63. The number of halogens is 3. The van der Waals surface area contributed by atoms with E-state index in [0.29, 0.717) is 11.1 Å². The minimum atomic E-state index is -4.78. The number of benzene rings is 2. The van der Waals surface area contributed by atoms with E-state index in [-0.39, 0.29) is 22.8 Å². The fourth-order valence-electron chi connectivity index (χ4n) is 3.58. The predicted molar refractivity (Wildman–Crippen MR) is 109 cm³/mol. The van der Waals surface area contributed by atoms with Crippen molar-refractivity contribution in [1.29, 1.82) is 0 Å². The van der Waals surface area contributed by atoms with Crippen LogP contribution in [0.25, 0.3) is 11.1 Å². The van der Waals surface area contributed by atoms with Gasteiger partial charge in [-0.2, -0.15) is 13.2 Å². The van der Waals surface area contributed by atoms with Crippen molar-refractivity contribution in [2.75, 3.05) is 6.26 Å². The molecule has 0 heterocycles. The lowest BCUT2D eigenvalue weighted by molar-refractivity contribution is -0.172. The van der Waals surface area contributed by atoms with Gasteiger partial charge in [0.15, 0.2) is 9.84 Å². The number of carbonyl (C=O) groups is 1. The lowest BCUT2D eigenvalue weighted by Gasteiger charge is -2.37. The van der Waals surface area contributed by atoms with E-state index in [1.807, 2.05) is 0 Å². The number of alkyl halides is 3. The summed E-state index contributed by atoms with van der Waals surface area (Å²) in [7, 11) is -3.35. The number of hydrogen-bond acceptors (Lipinski definition) is 4. The molecule has 1 amide bonds. The second kappa shape index (κ2) is 8.39. The molecule has 2 aromatic rings. The van der Waals surface area contributed by atoms with Crippen molar-refractivity contribution in [2.24, 2.45) is 17.4 Å². The Kier molecular flexibility index (Phi) is 6.68. The van der Waals surface area contributed by atoms with Crippen LogP contribution in [0.5, 0.6) is 0 Å². The topological polar surface area (TPSA) is 103 Å². The molecule has 2 aromatic carbocycles. The minimum absolute atomic E-state index is 0.142. The number of nitrogens with two attached hydrogens (primary N) is 2. The molecule has 30 heavy (non-hydrogen) atoms. The molecule has 0 spiro atoms. The first-order chi connectivity index (χ1) is 13.7. The molecule has 2 rings (SSSR count). The van der Waals surface area contributed by atoms with Crippen LogP contribution in [0.15, 0.2) is 53.4 Å². The standard InChI is InChI=1S/C21H25F3N2O3S/c1-13(2)12-20(26,19(25)27)18(21(22,23)24)16-6-4-14(5-7-16)15-8-10-17(11-9-15)30(3,28)29/h4-11,13,18H,12,26H2,1-3H3,(H2,25,27)/t18-,20+/m0/s1. The average Bonchev–Trinajstić information content (AvgIpc) is 2.60. The van der Waals surface area contributed by atoms with Crippen LogP contribution in [0.3, 0.4) is 0 Å². The van der Waals surface area contributed by atoms with Gasteiger partial charge < -0.3 is 11.5 Å². The second-order valence-electron chi connectivity index (χ2n) is 7.90. The third-order valence-electron chi connectivity index (χ3n) is 4.91. The fourth-order valence-corrected chi connectivity index (χ4v) is 4.21. The maximum Gasteiger partial charge on any atom is 0.398 e. The van der Waals surface area contributed by atoms with E-state index in [4.69, 9.17) is 11.5 Å². The van der Waals surface area contributed by atoms with Crippen molar-refractivity contribution in [3.05, 3.63) is 54.1 Å². The number of hydrogen-bond donors (Lipinski definition) is 2. The fraction of sp³-hybridized carbons (Fsp3) is 0.381. The zero-order valence-corrected chi connectivity index (χ0v) is 17.7. The summed E-state index contributed by atoms with van der Waals surface area (Å²) in [6, 6.07) is 11.5. The van der Waals surface area contributed by atoms with Gasteiger partial charge in [-0.1, -0.05) is 50.2 Å². The van der Waals surface area contributed by atoms with E-state index in [1.54, 1.807) is 26.0 Å². The van der Waals surface area contributed by atoms with Gasteiger partial charge in [-0.15, -0.1) is 0 Å². The van der Waals surface area contributed by atoms with Crippen molar-refractivity contribution >= 4 is 15.7 Å². The Morgan fingerprint density at radius 3 is 1.73 bits per heavy atom.